The van der Waals surface area contributed by atoms with Crippen molar-refractivity contribution in [3.63, 3.8) is 0 Å². The van der Waals surface area contributed by atoms with Gasteiger partial charge in [0.15, 0.2) is 0 Å². The van der Waals surface area contributed by atoms with Gasteiger partial charge >= 0.3 is 0 Å². The van der Waals surface area contributed by atoms with E-state index in [2.05, 4.69) is 10.3 Å². The maximum atomic E-state index is 5.92. The van der Waals surface area contributed by atoms with Crippen LogP contribution in [0.15, 0.2) is 54.7 Å². The van der Waals surface area contributed by atoms with Crippen molar-refractivity contribution in [2.45, 2.75) is 6.92 Å². The molecule has 0 aliphatic rings. The zero-order valence-electron chi connectivity index (χ0n) is 11.8. The predicted octanol–water partition coefficient (Wildman–Crippen LogP) is 3.96. The highest BCUT2D eigenvalue weighted by atomic mass is 16.5. The number of anilines is 3. The zero-order chi connectivity index (χ0) is 14.7. The van der Waals surface area contributed by atoms with Crippen molar-refractivity contribution in [2.24, 2.45) is 0 Å². The molecule has 0 saturated carbocycles. The molecule has 0 saturated heterocycles. The smallest absolute Gasteiger partial charge is 0.123 e. The molecule has 0 atom stereocenters. The summed E-state index contributed by atoms with van der Waals surface area (Å²) in [4.78, 5) is 4.36. The van der Waals surface area contributed by atoms with Gasteiger partial charge in [-0.3, -0.25) is 4.98 Å². The summed E-state index contributed by atoms with van der Waals surface area (Å²) in [5, 5.41) is 4.46. The van der Waals surface area contributed by atoms with Crippen LogP contribution in [0.4, 0.5) is 17.1 Å². The summed E-state index contributed by atoms with van der Waals surface area (Å²) in [6.45, 7) is 2.56. The number of hydrogen-bond acceptors (Lipinski definition) is 4. The number of benzene rings is 2. The van der Waals surface area contributed by atoms with Gasteiger partial charge < -0.3 is 15.8 Å². The molecule has 3 N–H and O–H groups in total. The second-order valence-corrected chi connectivity index (χ2v) is 4.72. The standard InChI is InChI=1S/C17H17N3O/c1-2-21-14-10-12(18)9-13(11-14)20-17-7-3-6-16-15(17)5-4-8-19-16/h3-11,20H,2,18H2,1H3. The van der Waals surface area contributed by atoms with Crippen molar-refractivity contribution in [3.05, 3.63) is 54.7 Å². The van der Waals surface area contributed by atoms with Crippen molar-refractivity contribution in [1.29, 1.82) is 0 Å². The fraction of sp³-hybridized carbons (Fsp3) is 0.118. The van der Waals surface area contributed by atoms with E-state index in [0.29, 0.717) is 12.3 Å². The van der Waals surface area contributed by atoms with Gasteiger partial charge in [-0.2, -0.15) is 0 Å². The second kappa shape index (κ2) is 5.71. The zero-order valence-corrected chi connectivity index (χ0v) is 11.8. The van der Waals surface area contributed by atoms with Gasteiger partial charge in [-0.25, -0.2) is 0 Å². The number of nitrogen functional groups attached to an aromatic ring is 1. The summed E-state index contributed by atoms with van der Waals surface area (Å²) in [6, 6.07) is 15.6. The van der Waals surface area contributed by atoms with Crippen LogP contribution in [0.5, 0.6) is 5.75 Å². The van der Waals surface area contributed by atoms with Crippen molar-refractivity contribution >= 4 is 28.0 Å². The van der Waals surface area contributed by atoms with Gasteiger partial charge in [0.05, 0.1) is 12.1 Å². The molecule has 21 heavy (non-hydrogen) atoms. The Morgan fingerprint density at radius 1 is 1.14 bits per heavy atom. The quantitative estimate of drug-likeness (QED) is 0.710. The lowest BCUT2D eigenvalue weighted by molar-refractivity contribution is 0.340. The molecule has 0 bridgehead atoms. The van der Waals surface area contributed by atoms with Gasteiger partial charge in [-0.1, -0.05) is 6.07 Å². The molecule has 0 aliphatic carbocycles. The highest BCUT2D eigenvalue weighted by Gasteiger charge is 2.04. The third-order valence-electron chi connectivity index (χ3n) is 3.16. The maximum Gasteiger partial charge on any atom is 0.123 e. The molecule has 3 aromatic rings. The number of ether oxygens (including phenoxy) is 1. The van der Waals surface area contributed by atoms with Crippen LogP contribution in [0.25, 0.3) is 10.9 Å². The lowest BCUT2D eigenvalue weighted by Gasteiger charge is -2.12. The van der Waals surface area contributed by atoms with E-state index in [1.165, 1.54) is 0 Å². The average Bonchev–Trinajstić information content (AvgIpc) is 2.47. The Morgan fingerprint density at radius 3 is 2.90 bits per heavy atom. The van der Waals surface area contributed by atoms with E-state index < -0.39 is 0 Å². The molecule has 0 radical (unpaired) electrons. The molecule has 1 aromatic heterocycles. The van der Waals surface area contributed by atoms with Gasteiger partial charge in [-0.15, -0.1) is 0 Å². The first-order chi connectivity index (χ1) is 10.3. The highest BCUT2D eigenvalue weighted by molar-refractivity contribution is 5.93. The number of fused-ring (bicyclic) bond motifs is 1. The van der Waals surface area contributed by atoms with E-state index in [9.17, 15) is 0 Å². The Balaban J connectivity index is 1.98. The minimum Gasteiger partial charge on any atom is -0.494 e. The van der Waals surface area contributed by atoms with Gasteiger partial charge in [0.2, 0.25) is 0 Å². The highest BCUT2D eigenvalue weighted by Crippen LogP contribution is 2.29. The van der Waals surface area contributed by atoms with Gasteiger partial charge in [0.25, 0.3) is 0 Å². The summed E-state index contributed by atoms with van der Waals surface area (Å²) < 4.78 is 5.52. The number of rotatable bonds is 4. The molecule has 0 fully saturated rings. The Hall–Kier alpha value is -2.75. The largest absolute Gasteiger partial charge is 0.494 e. The molecule has 0 aliphatic heterocycles. The summed E-state index contributed by atoms with van der Waals surface area (Å²) in [7, 11) is 0. The minimum atomic E-state index is 0.612. The molecule has 0 unspecified atom stereocenters. The number of nitrogens with one attached hydrogen (secondary N) is 1. The number of hydrogen-bond donors (Lipinski definition) is 2. The van der Waals surface area contributed by atoms with E-state index in [0.717, 1.165) is 28.0 Å². The molecule has 2 aromatic carbocycles. The van der Waals surface area contributed by atoms with E-state index in [1.807, 2.05) is 55.5 Å². The fourth-order valence-corrected chi connectivity index (χ4v) is 2.31. The van der Waals surface area contributed by atoms with Crippen LogP contribution in [-0.4, -0.2) is 11.6 Å². The third kappa shape index (κ3) is 2.89. The van der Waals surface area contributed by atoms with Gasteiger partial charge in [0.1, 0.15) is 5.75 Å². The summed E-state index contributed by atoms with van der Waals surface area (Å²) in [5.41, 5.74) is 9.44. The van der Waals surface area contributed by atoms with Crippen LogP contribution >= 0.6 is 0 Å². The molecule has 106 valence electrons. The van der Waals surface area contributed by atoms with Gasteiger partial charge in [0, 0.05) is 40.8 Å². The van der Waals surface area contributed by atoms with E-state index >= 15 is 0 Å². The third-order valence-corrected chi connectivity index (χ3v) is 3.16. The van der Waals surface area contributed by atoms with E-state index in [4.69, 9.17) is 10.5 Å². The van der Waals surface area contributed by atoms with E-state index in [-0.39, 0.29) is 0 Å². The first-order valence-electron chi connectivity index (χ1n) is 6.90. The normalized spacial score (nSPS) is 10.5. The van der Waals surface area contributed by atoms with Crippen molar-refractivity contribution in [3.8, 4) is 5.75 Å². The molecule has 3 rings (SSSR count). The SMILES string of the molecule is CCOc1cc(N)cc(Nc2cccc3ncccc23)c1. The molecular weight excluding hydrogens is 262 g/mol. The van der Waals surface area contributed by atoms with Crippen LogP contribution in [0, 0.1) is 0 Å². The Morgan fingerprint density at radius 2 is 2.05 bits per heavy atom. The van der Waals surface area contributed by atoms with E-state index in [1.54, 1.807) is 6.20 Å². The van der Waals surface area contributed by atoms with Crippen LogP contribution in [0.1, 0.15) is 6.92 Å². The minimum absolute atomic E-state index is 0.612. The Labute approximate surface area is 123 Å². The van der Waals surface area contributed by atoms with Crippen LogP contribution < -0.4 is 15.8 Å². The second-order valence-electron chi connectivity index (χ2n) is 4.72. The molecule has 1 heterocycles. The van der Waals surface area contributed by atoms with Crippen molar-refractivity contribution in [2.75, 3.05) is 17.7 Å². The van der Waals surface area contributed by atoms with Gasteiger partial charge in [-0.05, 0) is 37.3 Å². The van der Waals surface area contributed by atoms with Crippen LogP contribution in [-0.2, 0) is 0 Å². The number of nitrogens with two attached hydrogens (primary N) is 1. The lowest BCUT2D eigenvalue weighted by Crippen LogP contribution is -1.97. The Kier molecular flexibility index (Phi) is 3.60. The first-order valence-corrected chi connectivity index (χ1v) is 6.90. The fourth-order valence-electron chi connectivity index (χ4n) is 2.31. The van der Waals surface area contributed by atoms with Crippen molar-refractivity contribution in [1.82, 2.24) is 4.98 Å². The molecular formula is C17H17N3O. The summed E-state index contributed by atoms with van der Waals surface area (Å²) >= 11 is 0. The molecule has 0 amide bonds. The Bertz CT molecular complexity index is 766. The van der Waals surface area contributed by atoms with Crippen LogP contribution in [0.2, 0.25) is 0 Å². The maximum absolute atomic E-state index is 5.92. The summed E-state index contributed by atoms with van der Waals surface area (Å²) in [6.07, 6.45) is 1.79. The number of nitrogens with zero attached hydrogens (tertiary/aromatic N) is 1. The number of pyridine rings is 1. The topological polar surface area (TPSA) is 60.2 Å². The lowest BCUT2D eigenvalue weighted by atomic mass is 10.1. The first kappa shape index (κ1) is 13.2. The molecule has 4 heteroatoms. The monoisotopic (exact) mass is 279 g/mol. The molecule has 0 spiro atoms. The van der Waals surface area contributed by atoms with Crippen molar-refractivity contribution < 1.29 is 4.74 Å². The predicted molar refractivity (Wildman–Crippen MR) is 87.0 cm³/mol. The number of aromatic nitrogens is 1. The summed E-state index contributed by atoms with van der Waals surface area (Å²) in [5.74, 6) is 0.762. The molecule has 4 nitrogen and oxygen atoms in total. The average molecular weight is 279 g/mol. The van der Waals surface area contributed by atoms with Crippen LogP contribution in [0.3, 0.4) is 0 Å².